The summed E-state index contributed by atoms with van der Waals surface area (Å²) in [5, 5.41) is 0. The summed E-state index contributed by atoms with van der Waals surface area (Å²) in [6.45, 7) is 2.21. The van der Waals surface area contributed by atoms with E-state index in [0.717, 1.165) is 13.8 Å². The highest BCUT2D eigenvalue weighted by Gasteiger charge is 2.30. The van der Waals surface area contributed by atoms with E-state index in [4.69, 9.17) is 11.5 Å². The van der Waals surface area contributed by atoms with Crippen LogP contribution in [0.25, 0.3) is 0 Å². The van der Waals surface area contributed by atoms with Crippen LogP contribution >= 0.6 is 0 Å². The quantitative estimate of drug-likeness (QED) is 0.544. The molecule has 0 aliphatic carbocycles. The molecule has 8 nitrogen and oxygen atoms in total. The second-order valence-corrected chi connectivity index (χ2v) is 3.53. The zero-order valence-electron chi connectivity index (χ0n) is 10.5. The molecular weight excluding hydrogens is 240 g/mol. The summed E-state index contributed by atoms with van der Waals surface area (Å²) in [6.07, 6.45) is 0. The van der Waals surface area contributed by atoms with Crippen LogP contribution in [0.4, 0.5) is 0 Å². The molecule has 8 heteroatoms. The van der Waals surface area contributed by atoms with Crippen molar-refractivity contribution < 1.29 is 19.2 Å². The first-order valence-corrected chi connectivity index (χ1v) is 5.41. The molecule has 0 aromatic heterocycles. The smallest absolute Gasteiger partial charge is 0.319 e. The summed E-state index contributed by atoms with van der Waals surface area (Å²) in [5.74, 6) is -3.35. The molecule has 0 fully saturated rings. The van der Waals surface area contributed by atoms with Gasteiger partial charge in [-0.3, -0.25) is 29.0 Å². The molecule has 102 valence electrons. The van der Waals surface area contributed by atoms with Gasteiger partial charge in [-0.1, -0.05) is 0 Å². The lowest BCUT2D eigenvalue weighted by Gasteiger charge is -2.22. The van der Waals surface area contributed by atoms with Crippen molar-refractivity contribution in [1.29, 1.82) is 0 Å². The third kappa shape index (κ3) is 4.22. The van der Waals surface area contributed by atoms with E-state index in [1.807, 2.05) is 0 Å². The Hall–Kier alpha value is -1.80. The Bertz CT molecular complexity index is 322. The molecule has 0 heterocycles. The molecular formula is C10H18N4O4. The summed E-state index contributed by atoms with van der Waals surface area (Å²) in [5.41, 5.74) is 10.5. The van der Waals surface area contributed by atoms with Crippen LogP contribution in [-0.4, -0.2) is 59.6 Å². The lowest BCUT2D eigenvalue weighted by atomic mass is 10.3. The lowest BCUT2D eigenvalue weighted by Crippen LogP contribution is -2.50. The van der Waals surface area contributed by atoms with E-state index < -0.39 is 23.6 Å². The number of rotatable bonds is 4. The summed E-state index contributed by atoms with van der Waals surface area (Å²) in [6, 6.07) is 0. The third-order valence-electron chi connectivity index (χ3n) is 2.14. The van der Waals surface area contributed by atoms with Crippen LogP contribution in [0.15, 0.2) is 0 Å². The van der Waals surface area contributed by atoms with Gasteiger partial charge in [0, 0.05) is 40.0 Å². The van der Waals surface area contributed by atoms with Crippen LogP contribution < -0.4 is 11.5 Å². The second kappa shape index (κ2) is 7.51. The molecule has 0 aromatic rings. The van der Waals surface area contributed by atoms with E-state index in [-0.39, 0.29) is 26.2 Å². The Morgan fingerprint density at radius 3 is 1.22 bits per heavy atom. The largest absolute Gasteiger partial charge is 0.329 e. The Morgan fingerprint density at radius 1 is 0.778 bits per heavy atom. The molecule has 0 saturated heterocycles. The van der Waals surface area contributed by atoms with E-state index in [2.05, 4.69) is 0 Å². The minimum absolute atomic E-state index is 0.0373. The molecule has 0 atom stereocenters. The summed E-state index contributed by atoms with van der Waals surface area (Å²) in [7, 11) is 0. The van der Waals surface area contributed by atoms with Gasteiger partial charge in [0.15, 0.2) is 0 Å². The fourth-order valence-corrected chi connectivity index (χ4v) is 1.29. The Labute approximate surface area is 105 Å². The fourth-order valence-electron chi connectivity index (χ4n) is 1.29. The molecule has 0 aliphatic rings. The van der Waals surface area contributed by atoms with Crippen molar-refractivity contribution in [3.8, 4) is 0 Å². The van der Waals surface area contributed by atoms with Gasteiger partial charge >= 0.3 is 11.8 Å². The highest BCUT2D eigenvalue weighted by molar-refractivity contribution is 6.39. The molecule has 18 heavy (non-hydrogen) atoms. The van der Waals surface area contributed by atoms with Gasteiger partial charge in [-0.2, -0.15) is 0 Å². The molecule has 0 rings (SSSR count). The van der Waals surface area contributed by atoms with Gasteiger partial charge in [0.2, 0.25) is 11.8 Å². The monoisotopic (exact) mass is 258 g/mol. The van der Waals surface area contributed by atoms with Crippen LogP contribution in [-0.2, 0) is 19.2 Å². The van der Waals surface area contributed by atoms with Crippen molar-refractivity contribution in [3.05, 3.63) is 0 Å². The van der Waals surface area contributed by atoms with Crippen molar-refractivity contribution in [2.45, 2.75) is 13.8 Å². The Balaban J connectivity index is 4.98. The van der Waals surface area contributed by atoms with E-state index in [0.29, 0.717) is 9.80 Å². The highest BCUT2D eigenvalue weighted by Crippen LogP contribution is 1.98. The highest BCUT2D eigenvalue weighted by atomic mass is 16.2. The maximum atomic E-state index is 11.8. The third-order valence-corrected chi connectivity index (χ3v) is 2.14. The molecule has 4 amide bonds. The average Bonchev–Trinajstić information content (AvgIpc) is 2.30. The maximum absolute atomic E-state index is 11.8. The molecule has 0 spiro atoms. The summed E-state index contributed by atoms with van der Waals surface area (Å²) in [4.78, 5) is 47.3. The zero-order chi connectivity index (χ0) is 14.3. The van der Waals surface area contributed by atoms with Crippen molar-refractivity contribution in [3.63, 3.8) is 0 Å². The average molecular weight is 258 g/mol. The van der Waals surface area contributed by atoms with Crippen LogP contribution in [0, 0.1) is 0 Å². The van der Waals surface area contributed by atoms with Gasteiger partial charge in [0.05, 0.1) is 0 Å². The lowest BCUT2D eigenvalue weighted by molar-refractivity contribution is -0.159. The van der Waals surface area contributed by atoms with Gasteiger partial charge < -0.3 is 11.5 Å². The molecule has 0 radical (unpaired) electrons. The van der Waals surface area contributed by atoms with Crippen LogP contribution in [0.5, 0.6) is 0 Å². The van der Waals surface area contributed by atoms with E-state index in [1.54, 1.807) is 0 Å². The molecule has 0 aromatic carbocycles. The SMILES string of the molecule is CC(=O)N(CCN)C(=O)C(=O)N(CCN)C(C)=O. The topological polar surface area (TPSA) is 127 Å². The maximum Gasteiger partial charge on any atom is 0.319 e. The van der Waals surface area contributed by atoms with Gasteiger partial charge in [0.25, 0.3) is 0 Å². The van der Waals surface area contributed by atoms with Gasteiger partial charge in [-0.15, -0.1) is 0 Å². The molecule has 4 N–H and O–H groups in total. The zero-order valence-corrected chi connectivity index (χ0v) is 10.5. The first kappa shape index (κ1) is 16.2. The van der Waals surface area contributed by atoms with Crippen molar-refractivity contribution in [2.24, 2.45) is 11.5 Å². The summed E-state index contributed by atoms with van der Waals surface area (Å²) < 4.78 is 0. The number of nitrogens with two attached hydrogens (primary N) is 2. The predicted octanol–water partition coefficient (Wildman–Crippen LogP) is -2.35. The van der Waals surface area contributed by atoms with Crippen molar-refractivity contribution in [2.75, 3.05) is 26.2 Å². The number of hydrogen-bond acceptors (Lipinski definition) is 6. The van der Waals surface area contributed by atoms with Gasteiger partial charge in [-0.05, 0) is 0 Å². The fraction of sp³-hybridized carbons (Fsp3) is 0.600. The normalized spacial score (nSPS) is 9.78. The van der Waals surface area contributed by atoms with Crippen molar-refractivity contribution in [1.82, 2.24) is 9.80 Å². The minimum Gasteiger partial charge on any atom is -0.329 e. The number of nitrogens with zero attached hydrogens (tertiary/aromatic N) is 2. The van der Waals surface area contributed by atoms with Gasteiger partial charge in [-0.25, -0.2) is 0 Å². The Morgan fingerprint density at radius 2 is 1.06 bits per heavy atom. The number of imide groups is 2. The Kier molecular flexibility index (Phi) is 6.76. The number of carbonyl (C=O) groups excluding carboxylic acids is 4. The molecule has 0 unspecified atom stereocenters. The van der Waals surface area contributed by atoms with Gasteiger partial charge in [0.1, 0.15) is 0 Å². The first-order chi connectivity index (χ1) is 8.36. The standard InChI is InChI=1S/C10H18N4O4/c1-7(15)13(5-3-11)9(17)10(18)14(6-4-12)8(2)16/h3-6,11-12H2,1-2H3. The summed E-state index contributed by atoms with van der Waals surface area (Å²) >= 11 is 0. The minimum atomic E-state index is -1.07. The first-order valence-electron chi connectivity index (χ1n) is 5.41. The molecule has 0 saturated carbocycles. The van der Waals surface area contributed by atoms with Crippen LogP contribution in [0.1, 0.15) is 13.8 Å². The predicted molar refractivity (Wildman–Crippen MR) is 62.9 cm³/mol. The number of amides is 4. The van der Waals surface area contributed by atoms with Crippen molar-refractivity contribution >= 4 is 23.6 Å². The van der Waals surface area contributed by atoms with E-state index >= 15 is 0 Å². The van der Waals surface area contributed by atoms with E-state index in [1.165, 1.54) is 0 Å². The number of hydrogen-bond donors (Lipinski definition) is 2. The molecule has 0 aliphatic heterocycles. The van der Waals surface area contributed by atoms with Crippen LogP contribution in [0.3, 0.4) is 0 Å². The second-order valence-electron chi connectivity index (χ2n) is 3.53. The van der Waals surface area contributed by atoms with Crippen LogP contribution in [0.2, 0.25) is 0 Å². The number of carbonyl (C=O) groups is 4. The van der Waals surface area contributed by atoms with E-state index in [9.17, 15) is 19.2 Å². The molecule has 0 bridgehead atoms.